The monoisotopic (exact) mass is 130 g/mol. The highest BCUT2D eigenvalue weighted by molar-refractivity contribution is 5.81. The molecule has 10 heavy (non-hydrogen) atoms. The summed E-state index contributed by atoms with van der Waals surface area (Å²) in [5.41, 5.74) is 2.44. The first-order valence-electron chi connectivity index (χ1n) is 3.32. The fourth-order valence-corrected chi connectivity index (χ4v) is 1.17. The summed E-state index contributed by atoms with van der Waals surface area (Å²) in [7, 11) is 0. The molecule has 1 aromatic heterocycles. The Bertz CT molecular complexity index is 346. The van der Waals surface area contributed by atoms with E-state index in [9.17, 15) is 0 Å². The number of aromatic amines is 1. The van der Waals surface area contributed by atoms with Crippen molar-refractivity contribution in [1.29, 1.82) is 0 Å². The molecule has 0 saturated carbocycles. The summed E-state index contributed by atoms with van der Waals surface area (Å²) in [6.07, 6.45) is 1.84. The molecule has 0 aliphatic carbocycles. The van der Waals surface area contributed by atoms with Gasteiger partial charge in [0.15, 0.2) is 0 Å². The van der Waals surface area contributed by atoms with Crippen LogP contribution < -0.4 is 0 Å². The van der Waals surface area contributed by atoms with Gasteiger partial charge in [-0.25, -0.2) is 0 Å². The van der Waals surface area contributed by atoms with Gasteiger partial charge in [0, 0.05) is 23.2 Å². The molecule has 1 heterocycles. The maximum Gasteiger partial charge on any atom is 0.0463 e. The number of hydrogen-bond donors (Lipinski definition) is 1. The summed E-state index contributed by atoms with van der Waals surface area (Å²) in [4.78, 5) is 3.10. The third-order valence-corrected chi connectivity index (χ3v) is 1.72. The van der Waals surface area contributed by atoms with E-state index >= 15 is 0 Å². The van der Waals surface area contributed by atoms with E-state index in [1.165, 1.54) is 16.5 Å². The average molecular weight is 130 g/mol. The molecule has 0 bridgehead atoms. The largest absolute Gasteiger partial charge is 0.361 e. The Morgan fingerprint density at radius 3 is 3.10 bits per heavy atom. The smallest absolute Gasteiger partial charge is 0.0463 e. The minimum absolute atomic E-state index is 1.17. The molecular weight excluding hydrogens is 122 g/mol. The average Bonchev–Trinajstić information content (AvgIpc) is 2.36. The number of benzene rings is 1. The lowest BCUT2D eigenvalue weighted by Crippen LogP contribution is -1.71. The van der Waals surface area contributed by atoms with Crippen LogP contribution in [-0.2, 0) is 0 Å². The number of nitrogens with one attached hydrogen (secondary N) is 1. The predicted molar refractivity (Wildman–Crippen MR) is 41.9 cm³/mol. The number of aromatic nitrogens is 1. The summed E-state index contributed by atoms with van der Waals surface area (Å²) in [6, 6.07) is 9.32. The van der Waals surface area contributed by atoms with Gasteiger partial charge >= 0.3 is 0 Å². The standard InChI is InChI=1S/C9H8N/c1-7-3-2-4-9-8(7)5-6-10-9/h2-4,6,10H,1H3. The van der Waals surface area contributed by atoms with E-state index in [-0.39, 0.29) is 0 Å². The van der Waals surface area contributed by atoms with Crippen molar-refractivity contribution >= 4 is 10.9 Å². The zero-order valence-electron chi connectivity index (χ0n) is 5.81. The molecule has 1 heteroatoms. The Kier molecular flexibility index (Phi) is 1.04. The third-order valence-electron chi connectivity index (χ3n) is 1.72. The van der Waals surface area contributed by atoms with Gasteiger partial charge in [-0.1, -0.05) is 12.1 Å². The van der Waals surface area contributed by atoms with Crippen LogP contribution in [0.25, 0.3) is 10.9 Å². The molecule has 0 aliphatic heterocycles. The predicted octanol–water partition coefficient (Wildman–Crippen LogP) is 2.28. The third kappa shape index (κ3) is 0.637. The molecule has 0 aliphatic rings. The molecule has 0 amide bonds. The Hall–Kier alpha value is -1.24. The van der Waals surface area contributed by atoms with Gasteiger partial charge in [-0.15, -0.1) is 0 Å². The summed E-state index contributed by atoms with van der Waals surface area (Å²) in [6.45, 7) is 2.09. The van der Waals surface area contributed by atoms with Crippen LogP contribution in [0.5, 0.6) is 0 Å². The van der Waals surface area contributed by atoms with E-state index in [1.54, 1.807) is 0 Å². The van der Waals surface area contributed by atoms with E-state index in [1.807, 2.05) is 12.3 Å². The zero-order valence-corrected chi connectivity index (χ0v) is 5.81. The molecule has 0 fully saturated rings. The van der Waals surface area contributed by atoms with Gasteiger partial charge in [-0.05, 0) is 18.6 Å². The Morgan fingerprint density at radius 2 is 2.30 bits per heavy atom. The van der Waals surface area contributed by atoms with Crippen molar-refractivity contribution in [1.82, 2.24) is 4.98 Å². The van der Waals surface area contributed by atoms with E-state index < -0.39 is 0 Å². The Morgan fingerprint density at radius 1 is 1.40 bits per heavy atom. The SMILES string of the molecule is Cc1cccc2[nH]c[c]c12. The minimum Gasteiger partial charge on any atom is -0.361 e. The number of fused-ring (bicyclic) bond motifs is 1. The molecule has 2 rings (SSSR count). The molecule has 1 radical (unpaired) electrons. The highest BCUT2D eigenvalue weighted by atomic mass is 14.7. The van der Waals surface area contributed by atoms with Gasteiger partial charge in [-0.2, -0.15) is 0 Å². The first-order chi connectivity index (χ1) is 4.88. The molecule has 1 aromatic carbocycles. The van der Waals surface area contributed by atoms with Crippen LogP contribution in [-0.4, -0.2) is 4.98 Å². The van der Waals surface area contributed by atoms with Crippen molar-refractivity contribution in [2.75, 3.05) is 0 Å². The van der Waals surface area contributed by atoms with Crippen molar-refractivity contribution in [3.63, 3.8) is 0 Å². The topological polar surface area (TPSA) is 15.8 Å². The zero-order chi connectivity index (χ0) is 6.97. The number of rotatable bonds is 0. The fraction of sp³-hybridized carbons (Fsp3) is 0.111. The van der Waals surface area contributed by atoms with Crippen LogP contribution >= 0.6 is 0 Å². The summed E-state index contributed by atoms with van der Waals surface area (Å²) in [5, 5.41) is 1.20. The van der Waals surface area contributed by atoms with Crippen LogP contribution in [0.1, 0.15) is 5.56 Å². The molecule has 49 valence electrons. The maximum absolute atomic E-state index is 3.13. The first kappa shape index (κ1) is 5.54. The van der Waals surface area contributed by atoms with Crippen LogP contribution in [0, 0.1) is 13.0 Å². The molecular formula is C9H8N. The van der Waals surface area contributed by atoms with Gasteiger partial charge in [0.25, 0.3) is 0 Å². The van der Waals surface area contributed by atoms with E-state index in [0.717, 1.165) is 0 Å². The van der Waals surface area contributed by atoms with Gasteiger partial charge in [0.1, 0.15) is 0 Å². The molecule has 0 unspecified atom stereocenters. The lowest BCUT2D eigenvalue weighted by atomic mass is 10.1. The second-order valence-electron chi connectivity index (χ2n) is 2.43. The van der Waals surface area contributed by atoms with Crippen molar-refractivity contribution in [2.45, 2.75) is 6.92 Å². The molecule has 0 saturated heterocycles. The van der Waals surface area contributed by atoms with Crippen molar-refractivity contribution < 1.29 is 0 Å². The highest BCUT2D eigenvalue weighted by Gasteiger charge is 1.94. The van der Waals surface area contributed by atoms with Gasteiger partial charge in [0.05, 0.1) is 0 Å². The lowest BCUT2D eigenvalue weighted by Gasteiger charge is -1.91. The second kappa shape index (κ2) is 1.87. The van der Waals surface area contributed by atoms with Crippen LogP contribution in [0.3, 0.4) is 0 Å². The minimum atomic E-state index is 1.17. The van der Waals surface area contributed by atoms with Gasteiger partial charge in [-0.3, -0.25) is 0 Å². The Labute approximate surface area is 59.7 Å². The molecule has 1 nitrogen and oxygen atoms in total. The molecule has 0 spiro atoms. The second-order valence-corrected chi connectivity index (χ2v) is 2.43. The van der Waals surface area contributed by atoms with Crippen molar-refractivity contribution in [3.8, 4) is 0 Å². The fourth-order valence-electron chi connectivity index (χ4n) is 1.17. The number of aryl methyl sites for hydroxylation is 1. The lowest BCUT2D eigenvalue weighted by molar-refractivity contribution is 1.47. The quantitative estimate of drug-likeness (QED) is 0.563. The van der Waals surface area contributed by atoms with E-state index in [0.29, 0.717) is 0 Å². The summed E-state index contributed by atoms with van der Waals surface area (Å²) < 4.78 is 0. The molecule has 1 N–H and O–H groups in total. The van der Waals surface area contributed by atoms with Crippen LogP contribution in [0.2, 0.25) is 0 Å². The van der Waals surface area contributed by atoms with E-state index in [4.69, 9.17) is 0 Å². The highest BCUT2D eigenvalue weighted by Crippen LogP contribution is 2.14. The first-order valence-corrected chi connectivity index (χ1v) is 3.32. The number of H-pyrrole nitrogens is 1. The van der Waals surface area contributed by atoms with Crippen LogP contribution in [0.4, 0.5) is 0 Å². The summed E-state index contributed by atoms with van der Waals surface area (Å²) >= 11 is 0. The molecule has 2 aromatic rings. The van der Waals surface area contributed by atoms with Crippen molar-refractivity contribution in [3.05, 3.63) is 36.0 Å². The molecule has 0 atom stereocenters. The number of hydrogen-bond acceptors (Lipinski definition) is 0. The van der Waals surface area contributed by atoms with Crippen molar-refractivity contribution in [2.24, 2.45) is 0 Å². The maximum atomic E-state index is 3.13. The van der Waals surface area contributed by atoms with Gasteiger partial charge < -0.3 is 4.98 Å². The normalized spacial score (nSPS) is 10.5. The van der Waals surface area contributed by atoms with Gasteiger partial charge in [0.2, 0.25) is 0 Å². The Balaban J connectivity index is 2.95. The summed E-state index contributed by atoms with van der Waals surface area (Å²) in [5.74, 6) is 0. The van der Waals surface area contributed by atoms with Crippen LogP contribution in [0.15, 0.2) is 24.4 Å². The van der Waals surface area contributed by atoms with E-state index in [2.05, 4.69) is 30.1 Å².